The van der Waals surface area contributed by atoms with Crippen molar-refractivity contribution in [3.05, 3.63) is 36.1 Å². The lowest BCUT2D eigenvalue weighted by Gasteiger charge is -2.35. The molecule has 0 aliphatic heterocycles. The molecule has 92 valence electrons. The van der Waals surface area contributed by atoms with Gasteiger partial charge in [0, 0.05) is 24.0 Å². The molecule has 18 heavy (non-hydrogen) atoms. The Morgan fingerprint density at radius 3 is 2.89 bits per heavy atom. The first-order valence-corrected chi connectivity index (χ1v) is 6.40. The Hall–Kier alpha value is -1.79. The molecule has 1 aliphatic rings. The molecular formula is C15H16N2O. The zero-order valence-electron chi connectivity index (χ0n) is 10.3. The summed E-state index contributed by atoms with van der Waals surface area (Å²) < 4.78 is 5.49. The monoisotopic (exact) mass is 240 g/mol. The van der Waals surface area contributed by atoms with E-state index in [4.69, 9.17) is 9.68 Å². The van der Waals surface area contributed by atoms with Gasteiger partial charge in [-0.15, -0.1) is 0 Å². The first-order valence-electron chi connectivity index (χ1n) is 6.40. The Labute approximate surface area is 106 Å². The Bertz CT molecular complexity index is 590. The summed E-state index contributed by atoms with van der Waals surface area (Å²) in [5.74, 6) is 0. The predicted molar refractivity (Wildman–Crippen MR) is 69.8 cm³/mol. The van der Waals surface area contributed by atoms with Crippen LogP contribution < -0.4 is 5.32 Å². The molecule has 1 N–H and O–H groups in total. The summed E-state index contributed by atoms with van der Waals surface area (Å²) in [5, 5.41) is 13.7. The molecule has 1 fully saturated rings. The second-order valence-electron chi connectivity index (χ2n) is 5.11. The van der Waals surface area contributed by atoms with Crippen LogP contribution in [0.25, 0.3) is 11.0 Å². The fourth-order valence-electron chi connectivity index (χ4n) is 2.54. The molecule has 3 rings (SSSR count). The third-order valence-corrected chi connectivity index (χ3v) is 3.89. The normalized spacial score (nSPS) is 17.3. The van der Waals surface area contributed by atoms with Crippen LogP contribution in [-0.4, -0.2) is 6.54 Å². The lowest BCUT2D eigenvalue weighted by Crippen LogP contribution is -2.38. The minimum atomic E-state index is -0.112. The van der Waals surface area contributed by atoms with Gasteiger partial charge in [0.1, 0.15) is 5.58 Å². The van der Waals surface area contributed by atoms with Gasteiger partial charge >= 0.3 is 0 Å². The second-order valence-corrected chi connectivity index (χ2v) is 5.11. The van der Waals surface area contributed by atoms with Crippen LogP contribution in [0.3, 0.4) is 0 Å². The van der Waals surface area contributed by atoms with Crippen LogP contribution in [-0.2, 0) is 6.54 Å². The maximum atomic E-state index is 9.16. The summed E-state index contributed by atoms with van der Waals surface area (Å²) in [6.45, 7) is 1.55. The number of nitrogens with zero attached hydrogens (tertiary/aromatic N) is 1. The number of fused-ring (bicyclic) bond motifs is 1. The van der Waals surface area contributed by atoms with E-state index in [0.717, 1.165) is 42.5 Å². The molecule has 3 nitrogen and oxygen atoms in total. The molecule has 0 bridgehead atoms. The summed E-state index contributed by atoms with van der Waals surface area (Å²) in [7, 11) is 0. The van der Waals surface area contributed by atoms with Crippen LogP contribution in [0.15, 0.2) is 34.9 Å². The number of nitrogens with one attached hydrogen (secondary N) is 1. The van der Waals surface area contributed by atoms with Gasteiger partial charge in [0.15, 0.2) is 0 Å². The van der Waals surface area contributed by atoms with Crippen LogP contribution in [0, 0.1) is 16.7 Å². The fourth-order valence-corrected chi connectivity index (χ4v) is 2.54. The molecule has 1 aliphatic carbocycles. The van der Waals surface area contributed by atoms with E-state index in [9.17, 15) is 0 Å². The van der Waals surface area contributed by atoms with Crippen molar-refractivity contribution < 1.29 is 4.42 Å². The van der Waals surface area contributed by atoms with Crippen LogP contribution in [0.4, 0.5) is 0 Å². The summed E-state index contributed by atoms with van der Waals surface area (Å²) in [6, 6.07) is 10.5. The molecule has 0 spiro atoms. The lowest BCUT2D eigenvalue weighted by atomic mass is 9.70. The van der Waals surface area contributed by atoms with E-state index >= 15 is 0 Å². The average Bonchev–Trinajstić information content (AvgIpc) is 2.76. The van der Waals surface area contributed by atoms with E-state index in [1.165, 1.54) is 6.42 Å². The van der Waals surface area contributed by atoms with Gasteiger partial charge in [-0.2, -0.15) is 5.26 Å². The van der Waals surface area contributed by atoms with Crippen molar-refractivity contribution in [1.29, 1.82) is 5.26 Å². The minimum Gasteiger partial charge on any atom is -0.464 e. The number of hydrogen-bond acceptors (Lipinski definition) is 3. The summed E-state index contributed by atoms with van der Waals surface area (Å²) >= 11 is 0. The van der Waals surface area contributed by atoms with E-state index in [1.54, 1.807) is 6.26 Å². The Morgan fingerprint density at radius 2 is 2.17 bits per heavy atom. The molecular weight excluding hydrogens is 224 g/mol. The van der Waals surface area contributed by atoms with Crippen LogP contribution in [0.2, 0.25) is 0 Å². The van der Waals surface area contributed by atoms with E-state index in [-0.39, 0.29) is 5.41 Å². The molecule has 1 aromatic heterocycles. The largest absolute Gasteiger partial charge is 0.464 e. The molecule has 1 heterocycles. The molecule has 2 aromatic rings. The van der Waals surface area contributed by atoms with Crippen LogP contribution in [0.5, 0.6) is 0 Å². The van der Waals surface area contributed by atoms with Crippen molar-refractivity contribution >= 4 is 11.0 Å². The Kier molecular flexibility index (Phi) is 2.81. The van der Waals surface area contributed by atoms with Crippen molar-refractivity contribution in [2.45, 2.75) is 25.8 Å². The van der Waals surface area contributed by atoms with E-state index in [1.807, 2.05) is 18.2 Å². The highest BCUT2D eigenvalue weighted by Crippen LogP contribution is 2.39. The number of rotatable bonds is 4. The van der Waals surface area contributed by atoms with Crippen molar-refractivity contribution in [2.75, 3.05) is 6.54 Å². The zero-order chi connectivity index (χ0) is 12.4. The zero-order valence-corrected chi connectivity index (χ0v) is 10.3. The third-order valence-electron chi connectivity index (χ3n) is 3.89. The van der Waals surface area contributed by atoms with Gasteiger partial charge in [0.05, 0.1) is 17.7 Å². The number of furan rings is 1. The first-order chi connectivity index (χ1) is 8.83. The van der Waals surface area contributed by atoms with Crippen molar-refractivity contribution in [3.63, 3.8) is 0 Å². The maximum Gasteiger partial charge on any atom is 0.134 e. The molecule has 0 radical (unpaired) electrons. The molecule has 0 atom stereocenters. The minimum absolute atomic E-state index is 0.112. The number of hydrogen-bond donors (Lipinski definition) is 1. The molecule has 0 unspecified atom stereocenters. The van der Waals surface area contributed by atoms with Crippen molar-refractivity contribution in [3.8, 4) is 6.07 Å². The average molecular weight is 240 g/mol. The highest BCUT2D eigenvalue weighted by molar-refractivity contribution is 5.80. The van der Waals surface area contributed by atoms with E-state index in [2.05, 4.69) is 17.5 Å². The predicted octanol–water partition coefficient (Wildman–Crippen LogP) is 3.22. The molecule has 1 saturated carbocycles. The summed E-state index contributed by atoms with van der Waals surface area (Å²) in [4.78, 5) is 0. The maximum absolute atomic E-state index is 9.16. The standard InChI is InChI=1S/C15H16N2O/c16-10-15(6-3-7-15)11-17-8-12-9-18-14-5-2-1-4-13(12)14/h1-2,4-5,9,17H,3,6-8,11H2. The summed E-state index contributed by atoms with van der Waals surface area (Å²) in [5.41, 5.74) is 1.98. The smallest absolute Gasteiger partial charge is 0.134 e. The van der Waals surface area contributed by atoms with Crippen LogP contribution >= 0.6 is 0 Å². The Balaban J connectivity index is 1.65. The van der Waals surface area contributed by atoms with Gasteiger partial charge in [-0.05, 0) is 18.9 Å². The quantitative estimate of drug-likeness (QED) is 0.892. The van der Waals surface area contributed by atoms with Gasteiger partial charge in [-0.3, -0.25) is 0 Å². The van der Waals surface area contributed by atoms with Gasteiger partial charge in [-0.25, -0.2) is 0 Å². The van der Waals surface area contributed by atoms with E-state index < -0.39 is 0 Å². The second kappa shape index (κ2) is 4.47. The van der Waals surface area contributed by atoms with Gasteiger partial charge in [-0.1, -0.05) is 24.6 Å². The molecule has 0 saturated heterocycles. The van der Waals surface area contributed by atoms with Crippen molar-refractivity contribution in [1.82, 2.24) is 5.32 Å². The first kappa shape index (κ1) is 11.3. The highest BCUT2D eigenvalue weighted by atomic mass is 16.3. The third kappa shape index (κ3) is 1.89. The van der Waals surface area contributed by atoms with Gasteiger partial charge in [0.2, 0.25) is 0 Å². The molecule has 0 amide bonds. The molecule has 1 aromatic carbocycles. The van der Waals surface area contributed by atoms with Gasteiger partial charge in [0.25, 0.3) is 0 Å². The van der Waals surface area contributed by atoms with Gasteiger partial charge < -0.3 is 9.73 Å². The number of benzene rings is 1. The summed E-state index contributed by atoms with van der Waals surface area (Å²) in [6.07, 6.45) is 5.05. The molecule has 3 heteroatoms. The van der Waals surface area contributed by atoms with Crippen LogP contribution in [0.1, 0.15) is 24.8 Å². The topological polar surface area (TPSA) is 49.0 Å². The SMILES string of the molecule is N#CC1(CNCc2coc3ccccc23)CCC1. The lowest BCUT2D eigenvalue weighted by molar-refractivity contribution is 0.206. The highest BCUT2D eigenvalue weighted by Gasteiger charge is 2.36. The fraction of sp³-hybridized carbons (Fsp3) is 0.400. The van der Waals surface area contributed by atoms with Crippen molar-refractivity contribution in [2.24, 2.45) is 5.41 Å². The number of nitriles is 1. The van der Waals surface area contributed by atoms with E-state index in [0.29, 0.717) is 0 Å². The number of para-hydroxylation sites is 1. The Morgan fingerprint density at radius 1 is 1.33 bits per heavy atom.